The van der Waals surface area contributed by atoms with Gasteiger partial charge in [0.1, 0.15) is 0 Å². The van der Waals surface area contributed by atoms with Crippen LogP contribution in [0.2, 0.25) is 0 Å². The van der Waals surface area contributed by atoms with E-state index in [1.54, 1.807) is 0 Å². The van der Waals surface area contributed by atoms with Crippen molar-refractivity contribution in [1.29, 1.82) is 0 Å². The van der Waals surface area contributed by atoms with Gasteiger partial charge in [0.05, 0.1) is 26.6 Å². The molecule has 0 saturated heterocycles. The quantitative estimate of drug-likeness (QED) is 0.630. The number of hydrogen-bond acceptors (Lipinski definition) is 8. The number of rotatable bonds is 3. The Balaban J connectivity index is 0.000000366. The fourth-order valence-electron chi connectivity index (χ4n) is 1.40. The van der Waals surface area contributed by atoms with Crippen LogP contribution in [-0.2, 0) is 0 Å². The van der Waals surface area contributed by atoms with Gasteiger partial charge in [-0.15, -0.1) is 0 Å². The van der Waals surface area contributed by atoms with Crippen molar-refractivity contribution in [2.75, 3.05) is 0 Å². The van der Waals surface area contributed by atoms with Crippen molar-refractivity contribution in [3.8, 4) is 11.5 Å². The predicted molar refractivity (Wildman–Crippen MR) is 70.5 cm³/mol. The number of phenols is 1. The van der Waals surface area contributed by atoms with E-state index in [0.717, 1.165) is 0 Å². The lowest BCUT2D eigenvalue weighted by Gasteiger charge is -2.08. The van der Waals surface area contributed by atoms with Gasteiger partial charge in [-0.1, -0.05) is 6.07 Å². The second-order valence-electron chi connectivity index (χ2n) is 3.79. The van der Waals surface area contributed by atoms with E-state index in [4.69, 9.17) is 5.11 Å². The monoisotopic (exact) mass is 324 g/mol. The highest BCUT2D eigenvalue weighted by Gasteiger charge is 2.32. The summed E-state index contributed by atoms with van der Waals surface area (Å²) in [6.07, 6.45) is 3.75. The number of nitro groups is 3. The largest absolute Gasteiger partial charge is 0.863 e. The second-order valence-corrected chi connectivity index (χ2v) is 3.79. The normalized spacial score (nSPS) is 9.39. The van der Waals surface area contributed by atoms with Gasteiger partial charge in [0, 0.05) is 12.1 Å². The smallest absolute Gasteiger partial charge is 0.324 e. The minimum Gasteiger partial charge on any atom is -0.863 e. The van der Waals surface area contributed by atoms with Crippen LogP contribution < -0.4 is 10.1 Å². The number of hydrogen-bond donors (Lipinski definition) is 1. The molecule has 12 nitrogen and oxygen atoms in total. The third-order valence-electron chi connectivity index (χ3n) is 2.37. The maximum absolute atomic E-state index is 11.2. The first-order valence-corrected chi connectivity index (χ1v) is 5.68. The first-order valence-electron chi connectivity index (χ1n) is 5.68. The van der Waals surface area contributed by atoms with E-state index >= 15 is 0 Å². The van der Waals surface area contributed by atoms with E-state index in [1.807, 2.05) is 30.6 Å². The van der Waals surface area contributed by atoms with Crippen molar-refractivity contribution in [2.24, 2.45) is 0 Å². The number of nitrogens with one attached hydrogen (secondary N) is 1. The Morgan fingerprint density at radius 1 is 0.870 bits per heavy atom. The van der Waals surface area contributed by atoms with Crippen molar-refractivity contribution in [3.05, 3.63) is 67.0 Å². The number of pyridine rings is 1. The number of nitro benzene ring substituents is 3. The molecular weight excluding hydrogens is 316 g/mol. The van der Waals surface area contributed by atoms with Crippen LogP contribution in [0, 0.1) is 30.3 Å². The van der Waals surface area contributed by atoms with Gasteiger partial charge in [-0.2, -0.15) is 0 Å². The first kappa shape index (κ1) is 17.2. The van der Waals surface area contributed by atoms with Gasteiger partial charge < -0.3 is 10.2 Å². The molecular formula is C11H8N4O8. The van der Waals surface area contributed by atoms with Crippen molar-refractivity contribution in [3.63, 3.8) is 0 Å². The fourth-order valence-corrected chi connectivity index (χ4v) is 1.40. The van der Waals surface area contributed by atoms with Gasteiger partial charge >= 0.3 is 11.4 Å². The SMILES string of the molecule is O=[N+]([O-])c1cc([N+](=O)[O-])c(O)c([N+](=O)[O-])c1[O-].c1cc[nH+]cc1. The van der Waals surface area contributed by atoms with Crippen LogP contribution in [0.25, 0.3) is 0 Å². The van der Waals surface area contributed by atoms with Crippen LogP contribution >= 0.6 is 0 Å². The zero-order chi connectivity index (χ0) is 17.6. The average molecular weight is 324 g/mol. The summed E-state index contributed by atoms with van der Waals surface area (Å²) in [6.45, 7) is 0. The summed E-state index contributed by atoms with van der Waals surface area (Å²) in [6, 6.07) is 6.03. The standard InChI is InChI=1S/C6H3N3O8.C5H5N/c10-5-2(7(12)13)1-3(8(14)15)6(11)4(5)9(16)17;1-2-4-6-5-3-1/h1,10-11H;1-5H. The third-order valence-corrected chi connectivity index (χ3v) is 2.37. The molecule has 1 heterocycles. The molecule has 2 aromatic rings. The molecule has 0 aliphatic heterocycles. The van der Waals surface area contributed by atoms with Crippen molar-refractivity contribution in [1.82, 2.24) is 0 Å². The van der Waals surface area contributed by atoms with Gasteiger partial charge in [-0.25, -0.2) is 4.98 Å². The molecule has 2 rings (SSSR count). The Bertz CT molecular complexity index is 684. The minimum atomic E-state index is -1.69. The third kappa shape index (κ3) is 4.07. The lowest BCUT2D eigenvalue weighted by atomic mass is 10.2. The van der Waals surface area contributed by atoms with Gasteiger partial charge in [0.2, 0.25) is 0 Å². The van der Waals surface area contributed by atoms with Crippen molar-refractivity contribution >= 4 is 17.1 Å². The molecule has 0 saturated carbocycles. The summed E-state index contributed by atoms with van der Waals surface area (Å²) in [4.78, 5) is 30.0. The molecule has 0 unspecified atom stereocenters. The van der Waals surface area contributed by atoms with E-state index in [9.17, 15) is 35.4 Å². The lowest BCUT2D eigenvalue weighted by Crippen LogP contribution is -2.04. The van der Waals surface area contributed by atoms with Crippen LogP contribution in [-0.4, -0.2) is 19.9 Å². The number of H-pyrrole nitrogens is 1. The zero-order valence-corrected chi connectivity index (χ0v) is 11.1. The summed E-state index contributed by atoms with van der Waals surface area (Å²) in [5, 5.41) is 51.4. The number of nitrogens with zero attached hydrogens (tertiary/aromatic N) is 3. The molecule has 1 aromatic carbocycles. The van der Waals surface area contributed by atoms with E-state index in [1.165, 1.54) is 0 Å². The first-order chi connectivity index (χ1) is 10.8. The molecule has 0 bridgehead atoms. The molecule has 0 aliphatic rings. The van der Waals surface area contributed by atoms with Crippen LogP contribution in [0.1, 0.15) is 0 Å². The minimum absolute atomic E-state index is 0.171. The lowest BCUT2D eigenvalue weighted by molar-refractivity contribution is -0.421. The molecule has 0 atom stereocenters. The maximum atomic E-state index is 11.2. The van der Waals surface area contributed by atoms with Crippen LogP contribution in [0.4, 0.5) is 17.1 Å². The Hall–Kier alpha value is -3.83. The molecule has 1 aromatic heterocycles. The Morgan fingerprint density at radius 2 is 1.39 bits per heavy atom. The molecule has 0 spiro atoms. The Labute approximate surface area is 126 Å². The van der Waals surface area contributed by atoms with E-state index in [0.29, 0.717) is 0 Å². The number of aromatic hydroxyl groups is 1. The van der Waals surface area contributed by atoms with Crippen LogP contribution in [0.3, 0.4) is 0 Å². The molecule has 0 radical (unpaired) electrons. The van der Waals surface area contributed by atoms with Crippen LogP contribution in [0.15, 0.2) is 36.7 Å². The van der Waals surface area contributed by atoms with Gasteiger partial charge in [-0.05, 0) is 0 Å². The molecule has 0 fully saturated rings. The van der Waals surface area contributed by atoms with Crippen LogP contribution in [0.5, 0.6) is 11.5 Å². The second kappa shape index (κ2) is 7.26. The van der Waals surface area contributed by atoms with E-state index in [-0.39, 0.29) is 6.07 Å². The van der Waals surface area contributed by atoms with E-state index < -0.39 is 43.3 Å². The summed E-state index contributed by atoms with van der Waals surface area (Å²) in [5.41, 5.74) is -4.21. The fraction of sp³-hybridized carbons (Fsp3) is 0. The molecule has 0 aliphatic carbocycles. The Morgan fingerprint density at radius 3 is 1.70 bits per heavy atom. The zero-order valence-electron chi connectivity index (χ0n) is 11.1. The molecule has 12 heteroatoms. The van der Waals surface area contributed by atoms with Gasteiger partial charge in [0.15, 0.2) is 12.4 Å². The van der Waals surface area contributed by atoms with E-state index in [2.05, 4.69) is 4.98 Å². The summed E-state index contributed by atoms with van der Waals surface area (Å²) in [5.74, 6) is -3.20. The number of phenolic OH excluding ortho intramolecular Hbond substituents is 1. The summed E-state index contributed by atoms with van der Waals surface area (Å²) >= 11 is 0. The van der Waals surface area contributed by atoms with Gasteiger partial charge in [0.25, 0.3) is 11.4 Å². The van der Waals surface area contributed by atoms with Crippen molar-refractivity contribution < 1.29 is 30.0 Å². The Kier molecular flexibility index (Phi) is 5.43. The summed E-state index contributed by atoms with van der Waals surface area (Å²) < 4.78 is 0. The number of aromatic nitrogens is 1. The summed E-state index contributed by atoms with van der Waals surface area (Å²) in [7, 11) is 0. The molecule has 120 valence electrons. The highest BCUT2D eigenvalue weighted by molar-refractivity contribution is 5.73. The maximum Gasteiger partial charge on any atom is 0.324 e. The van der Waals surface area contributed by atoms with Gasteiger partial charge in [-0.3, -0.25) is 30.3 Å². The molecule has 2 N–H and O–H groups in total. The molecule has 23 heavy (non-hydrogen) atoms. The number of aromatic amines is 1. The number of benzene rings is 1. The topological polar surface area (TPSA) is 187 Å². The average Bonchev–Trinajstić information content (AvgIpc) is 2.48. The molecule has 0 amide bonds. The predicted octanol–water partition coefficient (Wildman–Crippen LogP) is 0.691. The van der Waals surface area contributed by atoms with Crippen molar-refractivity contribution in [2.45, 2.75) is 0 Å². The highest BCUT2D eigenvalue weighted by atomic mass is 16.6. The highest BCUT2D eigenvalue weighted by Crippen LogP contribution is 2.46.